The lowest BCUT2D eigenvalue weighted by atomic mass is 10.1. The van der Waals surface area contributed by atoms with Crippen molar-refractivity contribution in [2.45, 2.75) is 38.8 Å². The van der Waals surface area contributed by atoms with E-state index in [0.717, 1.165) is 12.8 Å². The molecule has 1 N–H and O–H groups in total. The van der Waals surface area contributed by atoms with E-state index in [9.17, 15) is 9.18 Å². The maximum Gasteiger partial charge on any atom is 0.260 e. The Labute approximate surface area is 136 Å². The maximum absolute atomic E-state index is 13.1. The Morgan fingerprint density at radius 1 is 1.13 bits per heavy atom. The zero-order valence-electron chi connectivity index (χ0n) is 13.5. The summed E-state index contributed by atoms with van der Waals surface area (Å²) in [6.45, 7) is 3.62. The molecule has 2 rings (SSSR count). The van der Waals surface area contributed by atoms with Crippen LogP contribution < -0.4 is 10.1 Å². The van der Waals surface area contributed by atoms with Crippen LogP contribution in [0.3, 0.4) is 0 Å². The lowest BCUT2D eigenvalue weighted by Gasteiger charge is -2.18. The molecular formula is C19H22FNO2. The van der Waals surface area contributed by atoms with E-state index in [-0.39, 0.29) is 17.8 Å². The molecule has 4 heteroatoms. The normalized spacial score (nSPS) is 13.2. The molecule has 0 aliphatic rings. The molecule has 0 saturated carbocycles. The van der Waals surface area contributed by atoms with Crippen molar-refractivity contribution in [2.75, 3.05) is 0 Å². The second-order valence-corrected chi connectivity index (χ2v) is 5.65. The molecule has 0 saturated heterocycles. The highest BCUT2D eigenvalue weighted by molar-refractivity contribution is 5.80. The molecule has 1 amide bonds. The average Bonchev–Trinajstić information content (AvgIpc) is 2.54. The number of hydrogen-bond donors (Lipinski definition) is 1. The van der Waals surface area contributed by atoms with Crippen molar-refractivity contribution < 1.29 is 13.9 Å². The number of amides is 1. The van der Waals surface area contributed by atoms with Crippen molar-refractivity contribution in [3.8, 4) is 5.75 Å². The van der Waals surface area contributed by atoms with Crippen LogP contribution in [0.25, 0.3) is 0 Å². The van der Waals surface area contributed by atoms with Gasteiger partial charge in [0.15, 0.2) is 6.10 Å². The van der Waals surface area contributed by atoms with Crippen molar-refractivity contribution in [1.82, 2.24) is 5.32 Å². The molecule has 0 bridgehead atoms. The van der Waals surface area contributed by atoms with Crippen molar-refractivity contribution >= 4 is 5.91 Å². The molecule has 2 aromatic rings. The van der Waals surface area contributed by atoms with E-state index in [4.69, 9.17) is 4.74 Å². The lowest BCUT2D eigenvalue weighted by Crippen LogP contribution is -2.41. The number of carbonyl (C=O) groups excluding carboxylic acids is 1. The number of halogens is 1. The third-order valence-corrected chi connectivity index (χ3v) is 3.58. The predicted molar refractivity (Wildman–Crippen MR) is 88.9 cm³/mol. The van der Waals surface area contributed by atoms with Gasteiger partial charge in [0.05, 0.1) is 0 Å². The summed E-state index contributed by atoms with van der Waals surface area (Å²) in [7, 11) is 0. The van der Waals surface area contributed by atoms with Crippen LogP contribution in [0.4, 0.5) is 4.39 Å². The van der Waals surface area contributed by atoms with Crippen LogP contribution >= 0.6 is 0 Å². The van der Waals surface area contributed by atoms with Gasteiger partial charge in [-0.3, -0.25) is 4.79 Å². The van der Waals surface area contributed by atoms with Crippen molar-refractivity contribution in [3.05, 3.63) is 66.0 Å². The minimum absolute atomic E-state index is 0.0428. The summed E-state index contributed by atoms with van der Waals surface area (Å²) in [4.78, 5) is 12.1. The summed E-state index contributed by atoms with van der Waals surface area (Å²) in [6.07, 6.45) is 1.08. The molecule has 0 fully saturated rings. The van der Waals surface area contributed by atoms with E-state index in [1.807, 2.05) is 25.1 Å². The topological polar surface area (TPSA) is 38.3 Å². The molecular weight excluding hydrogens is 293 g/mol. The van der Waals surface area contributed by atoms with Gasteiger partial charge in [-0.25, -0.2) is 4.39 Å². The van der Waals surface area contributed by atoms with E-state index in [0.29, 0.717) is 5.75 Å². The quantitative estimate of drug-likeness (QED) is 0.845. The summed E-state index contributed by atoms with van der Waals surface area (Å²) in [6, 6.07) is 16.0. The molecule has 0 aliphatic heterocycles. The van der Waals surface area contributed by atoms with Crippen LogP contribution in [-0.4, -0.2) is 18.1 Å². The summed E-state index contributed by atoms with van der Waals surface area (Å²) >= 11 is 0. The largest absolute Gasteiger partial charge is 0.481 e. The number of carbonyl (C=O) groups is 1. The van der Waals surface area contributed by atoms with Gasteiger partial charge in [0, 0.05) is 12.1 Å². The molecule has 23 heavy (non-hydrogen) atoms. The maximum atomic E-state index is 13.1. The first kappa shape index (κ1) is 17.0. The van der Waals surface area contributed by atoms with Gasteiger partial charge in [-0.15, -0.1) is 0 Å². The van der Waals surface area contributed by atoms with Gasteiger partial charge in [-0.05, 0) is 44.4 Å². The minimum Gasteiger partial charge on any atom is -0.481 e. The molecule has 122 valence electrons. The summed E-state index contributed by atoms with van der Waals surface area (Å²) in [5.41, 5.74) is 1.25. The number of rotatable bonds is 7. The number of nitrogens with one attached hydrogen (secondary N) is 1. The Morgan fingerprint density at radius 3 is 2.57 bits per heavy atom. The van der Waals surface area contributed by atoms with E-state index in [1.165, 1.54) is 17.7 Å². The van der Waals surface area contributed by atoms with Gasteiger partial charge in [-0.1, -0.05) is 36.4 Å². The van der Waals surface area contributed by atoms with Crippen LogP contribution in [0.1, 0.15) is 25.8 Å². The number of benzene rings is 2. The minimum atomic E-state index is -0.670. The Morgan fingerprint density at radius 2 is 1.87 bits per heavy atom. The second-order valence-electron chi connectivity index (χ2n) is 5.65. The van der Waals surface area contributed by atoms with Crippen LogP contribution in [0.2, 0.25) is 0 Å². The smallest absolute Gasteiger partial charge is 0.260 e. The first-order chi connectivity index (χ1) is 11.0. The molecule has 0 spiro atoms. The van der Waals surface area contributed by atoms with Crippen molar-refractivity contribution in [1.29, 1.82) is 0 Å². The molecule has 2 atom stereocenters. The predicted octanol–water partition coefficient (Wildman–Crippen LogP) is 3.73. The van der Waals surface area contributed by atoms with Gasteiger partial charge in [0.2, 0.25) is 0 Å². The van der Waals surface area contributed by atoms with Gasteiger partial charge in [0.1, 0.15) is 11.6 Å². The van der Waals surface area contributed by atoms with E-state index < -0.39 is 6.10 Å². The SMILES string of the molecule is CC(CCc1ccccc1)NC(=O)C(C)Oc1cccc(F)c1. The molecule has 2 aromatic carbocycles. The number of aryl methyl sites for hydroxylation is 1. The third-order valence-electron chi connectivity index (χ3n) is 3.58. The van der Waals surface area contributed by atoms with E-state index >= 15 is 0 Å². The fraction of sp³-hybridized carbons (Fsp3) is 0.316. The Hall–Kier alpha value is -2.36. The highest BCUT2D eigenvalue weighted by atomic mass is 19.1. The molecule has 0 heterocycles. The first-order valence-corrected chi connectivity index (χ1v) is 7.81. The first-order valence-electron chi connectivity index (χ1n) is 7.81. The van der Waals surface area contributed by atoms with Crippen LogP contribution in [0, 0.1) is 5.82 Å². The molecule has 2 unspecified atom stereocenters. The highest BCUT2D eigenvalue weighted by Gasteiger charge is 2.17. The lowest BCUT2D eigenvalue weighted by molar-refractivity contribution is -0.127. The number of ether oxygens (including phenoxy) is 1. The standard InChI is InChI=1S/C19H22FNO2/c1-14(11-12-16-7-4-3-5-8-16)21-19(22)15(2)23-18-10-6-9-17(20)13-18/h3-10,13-15H,11-12H2,1-2H3,(H,21,22). The van der Waals surface area contributed by atoms with Gasteiger partial charge < -0.3 is 10.1 Å². The average molecular weight is 315 g/mol. The zero-order chi connectivity index (χ0) is 16.7. The molecule has 0 aromatic heterocycles. The highest BCUT2D eigenvalue weighted by Crippen LogP contribution is 2.14. The van der Waals surface area contributed by atoms with Crippen LogP contribution in [0.5, 0.6) is 5.75 Å². The zero-order valence-corrected chi connectivity index (χ0v) is 13.5. The third kappa shape index (κ3) is 5.74. The summed E-state index contributed by atoms with van der Waals surface area (Å²) in [5, 5.41) is 2.93. The second kappa shape index (κ2) is 8.32. The summed E-state index contributed by atoms with van der Waals surface area (Å²) < 4.78 is 18.6. The van der Waals surface area contributed by atoms with Crippen LogP contribution in [0.15, 0.2) is 54.6 Å². The van der Waals surface area contributed by atoms with Crippen molar-refractivity contribution in [2.24, 2.45) is 0 Å². The Kier molecular flexibility index (Phi) is 6.15. The van der Waals surface area contributed by atoms with Crippen LogP contribution in [-0.2, 0) is 11.2 Å². The van der Waals surface area contributed by atoms with Gasteiger partial charge >= 0.3 is 0 Å². The van der Waals surface area contributed by atoms with Gasteiger partial charge in [-0.2, -0.15) is 0 Å². The monoisotopic (exact) mass is 315 g/mol. The fourth-order valence-corrected chi connectivity index (χ4v) is 2.26. The van der Waals surface area contributed by atoms with E-state index in [2.05, 4.69) is 17.4 Å². The molecule has 0 aliphatic carbocycles. The van der Waals surface area contributed by atoms with Gasteiger partial charge in [0.25, 0.3) is 5.91 Å². The molecule has 3 nitrogen and oxygen atoms in total. The summed E-state index contributed by atoms with van der Waals surface area (Å²) in [5.74, 6) is -0.231. The number of hydrogen-bond acceptors (Lipinski definition) is 2. The Bertz CT molecular complexity index is 630. The Balaban J connectivity index is 1.78. The fourth-order valence-electron chi connectivity index (χ4n) is 2.26. The van der Waals surface area contributed by atoms with Crippen molar-refractivity contribution in [3.63, 3.8) is 0 Å². The molecule has 0 radical (unpaired) electrons. The van der Waals surface area contributed by atoms with E-state index in [1.54, 1.807) is 19.1 Å².